The first kappa shape index (κ1) is 39.4. The van der Waals surface area contributed by atoms with Crippen LogP contribution in [0.3, 0.4) is 0 Å². The maximum atomic E-state index is 6.31. The van der Waals surface area contributed by atoms with E-state index >= 15 is 0 Å². The molecule has 0 aliphatic heterocycles. The molecular weight excluding hydrogens is 544 g/mol. The molecule has 2 rings (SSSR count). The Hall–Kier alpha value is -1.76. The largest absolute Gasteiger partial charge is 0.457 e. The van der Waals surface area contributed by atoms with Gasteiger partial charge in [-0.25, -0.2) is 0 Å². The van der Waals surface area contributed by atoms with Crippen molar-refractivity contribution < 1.29 is 4.74 Å². The number of aryl methyl sites for hydroxylation is 2. The van der Waals surface area contributed by atoms with Crippen LogP contribution in [0.4, 0.5) is 0 Å². The topological polar surface area (TPSA) is 9.23 Å². The Morgan fingerprint density at radius 2 is 0.644 bits per heavy atom. The molecule has 0 bridgehead atoms. The number of para-hydroxylation sites is 1. The zero-order valence-electron chi connectivity index (χ0n) is 30.2. The predicted molar refractivity (Wildman–Crippen MR) is 201 cm³/mol. The Morgan fingerprint density at radius 1 is 0.333 bits per heavy atom. The molecule has 0 fully saturated rings. The van der Waals surface area contributed by atoms with E-state index in [-0.39, 0.29) is 0 Å². The minimum absolute atomic E-state index is 0.939. The van der Waals surface area contributed by atoms with Crippen molar-refractivity contribution in [3.63, 3.8) is 0 Å². The molecule has 0 saturated carbocycles. The zero-order chi connectivity index (χ0) is 31.9. The molecule has 0 spiro atoms. The number of unbranched alkanes of at least 4 members (excludes halogenated alkanes) is 26. The van der Waals surface area contributed by atoms with Crippen molar-refractivity contribution in [1.29, 1.82) is 0 Å². The lowest BCUT2D eigenvalue weighted by atomic mass is 9.99. The van der Waals surface area contributed by atoms with Crippen LogP contribution in [0, 0.1) is 0 Å². The lowest BCUT2D eigenvalue weighted by molar-refractivity contribution is 0.480. The first-order valence-corrected chi connectivity index (χ1v) is 20.2. The van der Waals surface area contributed by atoms with Crippen molar-refractivity contribution >= 4 is 0 Å². The van der Waals surface area contributed by atoms with Crippen molar-refractivity contribution in [2.45, 2.75) is 206 Å². The summed E-state index contributed by atoms with van der Waals surface area (Å²) in [6.07, 6.45) is 42.0. The third-order valence-electron chi connectivity index (χ3n) is 9.64. The van der Waals surface area contributed by atoms with Gasteiger partial charge in [-0.2, -0.15) is 0 Å². The molecule has 0 N–H and O–H groups in total. The van der Waals surface area contributed by atoms with Gasteiger partial charge in [0.15, 0.2) is 0 Å². The normalized spacial score (nSPS) is 11.3. The van der Waals surface area contributed by atoms with Crippen molar-refractivity contribution in [1.82, 2.24) is 0 Å². The van der Waals surface area contributed by atoms with E-state index in [4.69, 9.17) is 4.74 Å². The maximum absolute atomic E-state index is 6.31. The highest BCUT2D eigenvalue weighted by atomic mass is 16.5. The van der Waals surface area contributed by atoms with E-state index in [9.17, 15) is 0 Å². The highest BCUT2D eigenvalue weighted by Gasteiger charge is 2.05. The van der Waals surface area contributed by atoms with E-state index in [1.165, 1.54) is 204 Å². The molecule has 0 unspecified atom stereocenters. The lowest BCUT2D eigenvalue weighted by Gasteiger charge is -2.12. The smallest absolute Gasteiger partial charge is 0.127 e. The van der Waals surface area contributed by atoms with Crippen molar-refractivity contribution in [3.05, 3.63) is 59.7 Å². The quantitative estimate of drug-likeness (QED) is 0.0741. The van der Waals surface area contributed by atoms with Gasteiger partial charge in [-0.1, -0.05) is 205 Å². The molecule has 2 aromatic carbocycles. The average molecular weight is 619 g/mol. The molecule has 1 nitrogen and oxygen atoms in total. The number of rotatable bonds is 32. The molecule has 2 aromatic rings. The summed E-state index contributed by atoms with van der Waals surface area (Å²) in [5.41, 5.74) is 2.92. The molecule has 0 amide bonds. The summed E-state index contributed by atoms with van der Waals surface area (Å²) < 4.78 is 6.31. The summed E-state index contributed by atoms with van der Waals surface area (Å²) in [5, 5.41) is 0. The number of hydrogen-bond donors (Lipinski definition) is 0. The lowest BCUT2D eigenvalue weighted by Crippen LogP contribution is -1.94. The Kier molecular flexibility index (Phi) is 26.0. The number of hydrogen-bond acceptors (Lipinski definition) is 1. The summed E-state index contributed by atoms with van der Waals surface area (Å²) in [6.45, 7) is 4.61. The maximum Gasteiger partial charge on any atom is 0.127 e. The highest BCUT2D eigenvalue weighted by molar-refractivity contribution is 5.38. The van der Waals surface area contributed by atoms with Crippen LogP contribution in [0.2, 0.25) is 0 Å². The van der Waals surface area contributed by atoms with E-state index in [1.807, 2.05) is 0 Å². The Balaban J connectivity index is 1.59. The Bertz CT molecular complexity index is 837. The summed E-state index contributed by atoms with van der Waals surface area (Å²) in [6, 6.07) is 17.4. The number of benzene rings is 2. The molecule has 0 heterocycles. The van der Waals surface area contributed by atoms with Gasteiger partial charge >= 0.3 is 0 Å². The molecule has 1 heteroatoms. The van der Waals surface area contributed by atoms with Crippen molar-refractivity contribution in [3.8, 4) is 11.5 Å². The van der Waals surface area contributed by atoms with Gasteiger partial charge in [0.05, 0.1) is 0 Å². The van der Waals surface area contributed by atoms with Crippen LogP contribution in [-0.4, -0.2) is 0 Å². The second-order valence-corrected chi connectivity index (χ2v) is 14.1. The van der Waals surface area contributed by atoms with Gasteiger partial charge in [0.1, 0.15) is 11.5 Å². The van der Waals surface area contributed by atoms with Crippen LogP contribution in [0.1, 0.15) is 205 Å². The third-order valence-corrected chi connectivity index (χ3v) is 9.64. The average Bonchev–Trinajstić information content (AvgIpc) is 3.05. The van der Waals surface area contributed by atoms with Gasteiger partial charge in [0.25, 0.3) is 0 Å². The second-order valence-electron chi connectivity index (χ2n) is 14.1. The van der Waals surface area contributed by atoms with Crippen LogP contribution in [0.5, 0.6) is 11.5 Å². The van der Waals surface area contributed by atoms with E-state index in [0.717, 1.165) is 11.5 Å². The molecule has 0 aliphatic carbocycles. The van der Waals surface area contributed by atoms with Gasteiger partial charge in [-0.15, -0.1) is 0 Å². The fourth-order valence-corrected chi connectivity index (χ4v) is 6.75. The van der Waals surface area contributed by atoms with Gasteiger partial charge in [-0.05, 0) is 61.1 Å². The van der Waals surface area contributed by atoms with E-state index in [0.29, 0.717) is 0 Å². The van der Waals surface area contributed by atoms with E-state index in [2.05, 4.69) is 62.4 Å². The molecule has 256 valence electrons. The van der Waals surface area contributed by atoms with Gasteiger partial charge in [-0.3, -0.25) is 0 Å². The van der Waals surface area contributed by atoms with E-state index < -0.39 is 0 Å². The van der Waals surface area contributed by atoms with Crippen LogP contribution in [-0.2, 0) is 12.8 Å². The predicted octanol–water partition coefficient (Wildman–Crippen LogP) is 15.5. The van der Waals surface area contributed by atoms with Crippen LogP contribution < -0.4 is 4.74 Å². The fourth-order valence-electron chi connectivity index (χ4n) is 6.75. The van der Waals surface area contributed by atoms with E-state index in [1.54, 1.807) is 0 Å². The molecule has 45 heavy (non-hydrogen) atoms. The zero-order valence-corrected chi connectivity index (χ0v) is 30.2. The van der Waals surface area contributed by atoms with Crippen molar-refractivity contribution in [2.75, 3.05) is 0 Å². The Labute approximate surface area is 281 Å². The van der Waals surface area contributed by atoms with Gasteiger partial charge in [0, 0.05) is 0 Å². The highest BCUT2D eigenvalue weighted by Crippen LogP contribution is 2.26. The molecule has 0 saturated heterocycles. The van der Waals surface area contributed by atoms with Gasteiger partial charge < -0.3 is 4.74 Å². The molecule has 0 aromatic heterocycles. The minimum Gasteiger partial charge on any atom is -0.457 e. The van der Waals surface area contributed by atoms with Crippen molar-refractivity contribution in [2.24, 2.45) is 0 Å². The fraction of sp³-hybridized carbons (Fsp3) is 0.727. The number of ether oxygens (including phenoxy) is 1. The minimum atomic E-state index is 0.939. The summed E-state index contributed by atoms with van der Waals surface area (Å²) in [4.78, 5) is 0. The summed E-state index contributed by atoms with van der Waals surface area (Å²) in [5.74, 6) is 1.96. The molecule has 0 aliphatic rings. The first-order valence-electron chi connectivity index (χ1n) is 20.2. The SMILES string of the molecule is CCCCCCCCCCCCCCCCc1cc(CCCCCCCCCCCCCCCC)cc(Oc2ccccc2)c1. The summed E-state index contributed by atoms with van der Waals surface area (Å²) in [7, 11) is 0. The molecule has 0 atom stereocenters. The van der Waals surface area contributed by atoms with Crippen LogP contribution >= 0.6 is 0 Å². The second kappa shape index (κ2) is 29.6. The molecular formula is C44H74O. The standard InChI is InChI=1S/C44H74O/c1-3-5-7-9-11-13-15-17-19-21-23-25-27-30-34-41-38-42(40-44(39-41)45-43-36-32-29-33-37-43)35-31-28-26-24-22-20-18-16-14-12-10-8-6-4-2/h29,32-33,36-40H,3-28,30-31,34-35H2,1-2H3. The summed E-state index contributed by atoms with van der Waals surface area (Å²) >= 11 is 0. The van der Waals surface area contributed by atoms with Crippen LogP contribution in [0.15, 0.2) is 48.5 Å². The van der Waals surface area contributed by atoms with Crippen LogP contribution in [0.25, 0.3) is 0 Å². The first-order chi connectivity index (χ1) is 22.3. The monoisotopic (exact) mass is 619 g/mol. The van der Waals surface area contributed by atoms with Gasteiger partial charge in [0.2, 0.25) is 0 Å². The third kappa shape index (κ3) is 23.2. The molecule has 0 radical (unpaired) electrons. The Morgan fingerprint density at radius 3 is 0.978 bits per heavy atom.